The molecule has 3 rings (SSSR count). The molecule has 28 heavy (non-hydrogen) atoms. The molecule has 154 valence electrons. The standard InChI is InChI=1S/C18H29BN4O5/c1-12-10-22(6-7-23(12)15(26)14(25)11-24)16-20-8-13(9-21-16)19-27-17(2,3)18(4,5)28-19/h8-9,12,14,24-25H,6-7,10-11H2,1-5H3/t12-,14-/m1/s1. The van der Waals surface area contributed by atoms with E-state index in [-0.39, 0.29) is 6.04 Å². The van der Waals surface area contributed by atoms with Gasteiger partial charge in [-0.2, -0.15) is 0 Å². The van der Waals surface area contributed by atoms with E-state index in [2.05, 4.69) is 9.97 Å². The third kappa shape index (κ3) is 3.87. The fourth-order valence-electron chi connectivity index (χ4n) is 3.33. The minimum atomic E-state index is -1.37. The van der Waals surface area contributed by atoms with Crippen LogP contribution >= 0.6 is 0 Å². The molecule has 2 fully saturated rings. The van der Waals surface area contributed by atoms with E-state index in [9.17, 15) is 9.90 Å². The van der Waals surface area contributed by atoms with Crippen LogP contribution in [0, 0.1) is 0 Å². The minimum absolute atomic E-state index is 0.131. The number of amides is 1. The van der Waals surface area contributed by atoms with Gasteiger partial charge in [-0.25, -0.2) is 9.97 Å². The van der Waals surface area contributed by atoms with Crippen molar-refractivity contribution in [3.05, 3.63) is 12.4 Å². The van der Waals surface area contributed by atoms with Gasteiger partial charge in [-0.05, 0) is 34.6 Å². The highest BCUT2D eigenvalue weighted by molar-refractivity contribution is 6.61. The molecule has 0 aliphatic carbocycles. The summed E-state index contributed by atoms with van der Waals surface area (Å²) in [6, 6.07) is -0.131. The fraction of sp³-hybridized carbons (Fsp3) is 0.722. The van der Waals surface area contributed by atoms with Crippen LogP contribution in [-0.4, -0.2) is 87.7 Å². The molecule has 10 heteroatoms. The predicted octanol–water partition coefficient (Wildman–Crippen LogP) is -0.834. The molecule has 3 heterocycles. The van der Waals surface area contributed by atoms with Crippen molar-refractivity contribution >= 4 is 24.4 Å². The van der Waals surface area contributed by atoms with Crippen LogP contribution in [-0.2, 0) is 14.1 Å². The van der Waals surface area contributed by atoms with Gasteiger partial charge in [-0.15, -0.1) is 0 Å². The number of aromatic nitrogens is 2. The maximum absolute atomic E-state index is 12.1. The van der Waals surface area contributed by atoms with Crippen LogP contribution in [0.15, 0.2) is 12.4 Å². The number of hydrogen-bond donors (Lipinski definition) is 2. The Labute approximate surface area is 165 Å². The Bertz CT molecular complexity index is 698. The number of carbonyl (C=O) groups is 1. The summed E-state index contributed by atoms with van der Waals surface area (Å²) in [6.07, 6.45) is 2.05. The fourth-order valence-corrected chi connectivity index (χ4v) is 3.33. The predicted molar refractivity (Wildman–Crippen MR) is 104 cm³/mol. The molecule has 0 saturated carbocycles. The number of nitrogens with zero attached hydrogens (tertiary/aromatic N) is 4. The van der Waals surface area contributed by atoms with Gasteiger partial charge in [0.15, 0.2) is 6.10 Å². The summed E-state index contributed by atoms with van der Waals surface area (Å²) >= 11 is 0. The van der Waals surface area contributed by atoms with Crippen LogP contribution in [0.3, 0.4) is 0 Å². The average molecular weight is 392 g/mol. The lowest BCUT2D eigenvalue weighted by Gasteiger charge is -2.40. The van der Waals surface area contributed by atoms with E-state index in [1.807, 2.05) is 39.5 Å². The van der Waals surface area contributed by atoms with Gasteiger partial charge in [-0.1, -0.05) is 0 Å². The van der Waals surface area contributed by atoms with Crippen LogP contribution in [0.2, 0.25) is 0 Å². The monoisotopic (exact) mass is 392 g/mol. The summed E-state index contributed by atoms with van der Waals surface area (Å²) in [5.74, 6) is 0.119. The van der Waals surface area contributed by atoms with Gasteiger partial charge in [0.05, 0.1) is 17.8 Å². The first-order chi connectivity index (χ1) is 13.1. The Morgan fingerprint density at radius 3 is 2.32 bits per heavy atom. The lowest BCUT2D eigenvalue weighted by Crippen LogP contribution is -2.57. The molecule has 2 N–H and O–H groups in total. The Morgan fingerprint density at radius 2 is 1.82 bits per heavy atom. The zero-order valence-electron chi connectivity index (χ0n) is 17.1. The molecule has 2 saturated heterocycles. The molecule has 0 spiro atoms. The molecular weight excluding hydrogens is 363 g/mol. The van der Waals surface area contributed by atoms with Crippen LogP contribution in [0.25, 0.3) is 0 Å². The molecule has 9 nitrogen and oxygen atoms in total. The second-order valence-corrected chi connectivity index (χ2v) is 8.43. The molecule has 0 bridgehead atoms. The zero-order valence-corrected chi connectivity index (χ0v) is 17.1. The smallest absolute Gasteiger partial charge is 0.399 e. The van der Waals surface area contributed by atoms with Gasteiger partial charge in [0.1, 0.15) is 0 Å². The van der Waals surface area contributed by atoms with Gasteiger partial charge < -0.3 is 29.3 Å². The zero-order chi connectivity index (χ0) is 20.7. The van der Waals surface area contributed by atoms with Crippen molar-refractivity contribution in [3.63, 3.8) is 0 Å². The van der Waals surface area contributed by atoms with E-state index in [1.54, 1.807) is 17.3 Å². The Morgan fingerprint density at radius 1 is 1.25 bits per heavy atom. The van der Waals surface area contributed by atoms with Crippen LogP contribution in [0.1, 0.15) is 34.6 Å². The van der Waals surface area contributed by atoms with E-state index in [4.69, 9.17) is 14.4 Å². The van der Waals surface area contributed by atoms with Gasteiger partial charge in [0.25, 0.3) is 5.91 Å². The number of aliphatic hydroxyl groups is 2. The van der Waals surface area contributed by atoms with Gasteiger partial charge in [-0.3, -0.25) is 4.79 Å². The minimum Gasteiger partial charge on any atom is -0.399 e. The number of aliphatic hydroxyl groups excluding tert-OH is 2. The molecule has 0 unspecified atom stereocenters. The van der Waals surface area contributed by atoms with E-state index in [0.717, 1.165) is 5.46 Å². The van der Waals surface area contributed by atoms with Crippen molar-refractivity contribution in [1.29, 1.82) is 0 Å². The molecule has 2 atom stereocenters. The average Bonchev–Trinajstić information content (AvgIpc) is 2.88. The summed E-state index contributed by atoms with van der Waals surface area (Å²) < 4.78 is 12.0. The molecule has 1 amide bonds. The number of piperazine rings is 1. The topological polar surface area (TPSA) is 108 Å². The van der Waals surface area contributed by atoms with Crippen molar-refractivity contribution in [3.8, 4) is 0 Å². The lowest BCUT2D eigenvalue weighted by atomic mass is 9.81. The SMILES string of the molecule is C[C@@H]1CN(c2ncc(B3OC(C)(C)C(C)(C)O3)cn2)CCN1C(=O)[C@H](O)CO. The van der Waals surface area contributed by atoms with Gasteiger partial charge in [0.2, 0.25) is 5.95 Å². The summed E-state index contributed by atoms with van der Waals surface area (Å²) in [5.41, 5.74) is -0.0861. The van der Waals surface area contributed by atoms with E-state index >= 15 is 0 Å². The second-order valence-electron chi connectivity index (χ2n) is 8.43. The molecule has 2 aliphatic rings. The van der Waals surface area contributed by atoms with E-state index < -0.39 is 36.9 Å². The lowest BCUT2D eigenvalue weighted by molar-refractivity contribution is -0.144. The first-order valence-corrected chi connectivity index (χ1v) is 9.57. The van der Waals surface area contributed by atoms with Gasteiger partial charge in [0, 0.05) is 43.5 Å². The summed E-state index contributed by atoms with van der Waals surface area (Å²) in [7, 11) is -0.507. The summed E-state index contributed by atoms with van der Waals surface area (Å²) in [4.78, 5) is 24.6. The third-order valence-electron chi connectivity index (χ3n) is 5.84. The van der Waals surface area contributed by atoms with Crippen molar-refractivity contribution in [1.82, 2.24) is 14.9 Å². The number of hydrogen-bond acceptors (Lipinski definition) is 8. The van der Waals surface area contributed by atoms with E-state index in [0.29, 0.717) is 25.6 Å². The van der Waals surface area contributed by atoms with Crippen LogP contribution in [0.5, 0.6) is 0 Å². The molecule has 0 radical (unpaired) electrons. The second kappa shape index (κ2) is 7.59. The Hall–Kier alpha value is -1.75. The maximum atomic E-state index is 12.1. The number of carbonyl (C=O) groups excluding carboxylic acids is 1. The van der Waals surface area contributed by atoms with Crippen molar-refractivity contribution in [2.24, 2.45) is 0 Å². The molecular formula is C18H29BN4O5. The Balaban J connectivity index is 1.65. The molecule has 1 aromatic heterocycles. The molecule has 0 aromatic carbocycles. The normalized spacial score (nSPS) is 25.1. The quantitative estimate of drug-likeness (QED) is 0.640. The number of anilines is 1. The van der Waals surface area contributed by atoms with Gasteiger partial charge >= 0.3 is 7.12 Å². The number of rotatable bonds is 4. The first-order valence-electron chi connectivity index (χ1n) is 9.57. The van der Waals surface area contributed by atoms with Crippen molar-refractivity contribution in [2.45, 2.75) is 58.0 Å². The summed E-state index contributed by atoms with van der Waals surface area (Å²) in [6.45, 7) is 10.8. The molecule has 1 aromatic rings. The first kappa shape index (κ1) is 21.0. The third-order valence-corrected chi connectivity index (χ3v) is 5.84. The van der Waals surface area contributed by atoms with E-state index in [1.165, 1.54) is 0 Å². The highest BCUT2D eigenvalue weighted by Gasteiger charge is 2.52. The van der Waals surface area contributed by atoms with Crippen molar-refractivity contribution < 1.29 is 24.3 Å². The molecule has 2 aliphatic heterocycles. The highest BCUT2D eigenvalue weighted by Crippen LogP contribution is 2.36. The largest absolute Gasteiger partial charge is 0.498 e. The Kier molecular flexibility index (Phi) is 5.68. The summed E-state index contributed by atoms with van der Waals surface area (Å²) in [5, 5.41) is 18.6. The van der Waals surface area contributed by atoms with Crippen LogP contribution in [0.4, 0.5) is 5.95 Å². The highest BCUT2D eigenvalue weighted by atomic mass is 16.7. The van der Waals surface area contributed by atoms with Crippen LogP contribution < -0.4 is 10.4 Å². The van der Waals surface area contributed by atoms with Crippen molar-refractivity contribution in [2.75, 3.05) is 31.1 Å². The maximum Gasteiger partial charge on any atom is 0.498 e.